The van der Waals surface area contributed by atoms with E-state index in [0.29, 0.717) is 12.3 Å². The number of guanidine groups is 1. The van der Waals surface area contributed by atoms with Gasteiger partial charge in [-0.15, -0.1) is 0 Å². The summed E-state index contributed by atoms with van der Waals surface area (Å²) >= 11 is 0. The second kappa shape index (κ2) is 5.74. The van der Waals surface area contributed by atoms with Gasteiger partial charge in [0.1, 0.15) is 5.75 Å². The van der Waals surface area contributed by atoms with Crippen molar-refractivity contribution in [3.8, 4) is 5.75 Å². The molecule has 0 spiro atoms. The summed E-state index contributed by atoms with van der Waals surface area (Å²) in [5.41, 5.74) is 6.56. The van der Waals surface area contributed by atoms with E-state index in [1.165, 1.54) is 0 Å². The summed E-state index contributed by atoms with van der Waals surface area (Å²) in [4.78, 5) is 11.3. The monoisotopic (exact) mass is 236 g/mol. The zero-order valence-corrected chi connectivity index (χ0v) is 9.83. The third kappa shape index (κ3) is 4.02. The molecule has 0 unspecified atom stereocenters. The SMILES string of the molecule is CCOc1ccc(NC(=O)NC(=N)N)c(C)c1. The van der Waals surface area contributed by atoms with E-state index in [-0.39, 0.29) is 0 Å². The summed E-state index contributed by atoms with van der Waals surface area (Å²) in [6.45, 7) is 4.35. The van der Waals surface area contributed by atoms with Gasteiger partial charge in [-0.05, 0) is 37.6 Å². The van der Waals surface area contributed by atoms with Gasteiger partial charge in [0, 0.05) is 5.69 Å². The predicted molar refractivity (Wildman–Crippen MR) is 66.4 cm³/mol. The third-order valence-electron chi connectivity index (χ3n) is 2.01. The fourth-order valence-electron chi connectivity index (χ4n) is 1.31. The number of urea groups is 1. The normalized spacial score (nSPS) is 9.53. The maximum atomic E-state index is 11.3. The van der Waals surface area contributed by atoms with Crippen molar-refractivity contribution in [2.75, 3.05) is 11.9 Å². The number of nitrogens with two attached hydrogens (primary N) is 1. The number of carbonyl (C=O) groups excluding carboxylic acids is 1. The topological polar surface area (TPSA) is 100 Å². The number of carbonyl (C=O) groups is 1. The Balaban J connectivity index is 2.72. The van der Waals surface area contributed by atoms with Gasteiger partial charge in [-0.1, -0.05) is 0 Å². The summed E-state index contributed by atoms with van der Waals surface area (Å²) in [7, 11) is 0. The van der Waals surface area contributed by atoms with E-state index in [4.69, 9.17) is 15.9 Å². The van der Waals surface area contributed by atoms with Crippen LogP contribution in [0.5, 0.6) is 5.75 Å². The van der Waals surface area contributed by atoms with Crippen molar-refractivity contribution in [2.45, 2.75) is 13.8 Å². The Labute approximate surface area is 99.7 Å². The molecule has 0 aliphatic carbocycles. The van der Waals surface area contributed by atoms with Crippen LogP contribution in [0.1, 0.15) is 12.5 Å². The Kier molecular flexibility index (Phi) is 4.33. The summed E-state index contributed by atoms with van der Waals surface area (Å²) in [6, 6.07) is 4.79. The molecule has 0 saturated heterocycles. The van der Waals surface area contributed by atoms with Crippen molar-refractivity contribution in [1.82, 2.24) is 5.32 Å². The van der Waals surface area contributed by atoms with Gasteiger partial charge < -0.3 is 15.8 Å². The van der Waals surface area contributed by atoms with Gasteiger partial charge in [0.15, 0.2) is 5.96 Å². The zero-order valence-electron chi connectivity index (χ0n) is 9.83. The first-order chi connectivity index (χ1) is 8.02. The second-order valence-electron chi connectivity index (χ2n) is 3.40. The van der Waals surface area contributed by atoms with Crippen LogP contribution in [0.3, 0.4) is 0 Å². The van der Waals surface area contributed by atoms with Crippen LogP contribution in [-0.2, 0) is 0 Å². The van der Waals surface area contributed by atoms with E-state index in [9.17, 15) is 4.79 Å². The molecule has 0 aliphatic rings. The van der Waals surface area contributed by atoms with Crippen molar-refractivity contribution in [3.63, 3.8) is 0 Å². The highest BCUT2D eigenvalue weighted by Gasteiger charge is 2.05. The molecule has 0 fully saturated rings. The molecule has 1 aromatic rings. The van der Waals surface area contributed by atoms with Crippen LogP contribution in [0, 0.1) is 12.3 Å². The number of amides is 2. The molecule has 0 radical (unpaired) electrons. The van der Waals surface area contributed by atoms with Crippen molar-refractivity contribution in [3.05, 3.63) is 23.8 Å². The molecule has 0 aliphatic heterocycles. The smallest absolute Gasteiger partial charge is 0.325 e. The Bertz CT molecular complexity index is 431. The van der Waals surface area contributed by atoms with Crippen LogP contribution in [0.4, 0.5) is 10.5 Å². The highest BCUT2D eigenvalue weighted by atomic mass is 16.5. The lowest BCUT2D eigenvalue weighted by Crippen LogP contribution is -2.38. The van der Waals surface area contributed by atoms with E-state index in [1.807, 2.05) is 19.9 Å². The number of hydrogen-bond donors (Lipinski definition) is 4. The first-order valence-electron chi connectivity index (χ1n) is 5.18. The van der Waals surface area contributed by atoms with Crippen LogP contribution in [0.15, 0.2) is 18.2 Å². The van der Waals surface area contributed by atoms with E-state index in [0.717, 1.165) is 11.3 Å². The van der Waals surface area contributed by atoms with Crippen LogP contribution < -0.4 is 21.1 Å². The van der Waals surface area contributed by atoms with Crippen LogP contribution in [0.25, 0.3) is 0 Å². The third-order valence-corrected chi connectivity index (χ3v) is 2.01. The molecule has 0 aromatic heterocycles. The number of anilines is 1. The summed E-state index contributed by atoms with van der Waals surface area (Å²) in [5.74, 6) is 0.355. The van der Waals surface area contributed by atoms with E-state index >= 15 is 0 Å². The van der Waals surface area contributed by atoms with Crippen molar-refractivity contribution in [2.24, 2.45) is 5.73 Å². The average Bonchev–Trinajstić information content (AvgIpc) is 2.21. The van der Waals surface area contributed by atoms with E-state index in [1.54, 1.807) is 12.1 Å². The summed E-state index contributed by atoms with van der Waals surface area (Å²) in [6.07, 6.45) is 0. The molecule has 92 valence electrons. The second-order valence-corrected chi connectivity index (χ2v) is 3.40. The molecular weight excluding hydrogens is 220 g/mol. The molecule has 2 amide bonds. The number of nitrogens with one attached hydrogen (secondary N) is 3. The first-order valence-corrected chi connectivity index (χ1v) is 5.18. The van der Waals surface area contributed by atoms with Gasteiger partial charge in [-0.2, -0.15) is 0 Å². The molecule has 0 heterocycles. The van der Waals surface area contributed by atoms with Crippen molar-refractivity contribution < 1.29 is 9.53 Å². The van der Waals surface area contributed by atoms with Gasteiger partial charge >= 0.3 is 6.03 Å². The van der Waals surface area contributed by atoms with Crippen LogP contribution in [0.2, 0.25) is 0 Å². The predicted octanol–water partition coefficient (Wildman–Crippen LogP) is 1.41. The van der Waals surface area contributed by atoms with Crippen molar-refractivity contribution >= 4 is 17.7 Å². The van der Waals surface area contributed by atoms with E-state index in [2.05, 4.69) is 10.6 Å². The number of benzene rings is 1. The number of ether oxygens (including phenoxy) is 1. The maximum Gasteiger partial charge on any atom is 0.325 e. The highest BCUT2D eigenvalue weighted by Crippen LogP contribution is 2.21. The highest BCUT2D eigenvalue weighted by molar-refractivity contribution is 6.01. The number of aryl methyl sites for hydroxylation is 1. The molecule has 0 saturated carbocycles. The molecule has 0 bridgehead atoms. The minimum absolute atomic E-state index is 0.397. The first kappa shape index (κ1) is 12.8. The van der Waals surface area contributed by atoms with Gasteiger partial charge in [0.2, 0.25) is 0 Å². The number of rotatable bonds is 3. The fourth-order valence-corrected chi connectivity index (χ4v) is 1.31. The Morgan fingerprint density at radius 2 is 2.24 bits per heavy atom. The molecule has 1 rings (SSSR count). The standard InChI is InChI=1S/C11H16N4O2/c1-3-17-8-4-5-9(7(2)6-8)14-11(16)15-10(12)13/h4-6H,3H2,1-2H3,(H5,12,13,14,15,16). The summed E-state index contributed by atoms with van der Waals surface area (Å²) < 4.78 is 5.33. The lowest BCUT2D eigenvalue weighted by Gasteiger charge is -2.10. The lowest BCUT2D eigenvalue weighted by atomic mass is 10.2. The largest absolute Gasteiger partial charge is 0.494 e. The average molecular weight is 236 g/mol. The van der Waals surface area contributed by atoms with Crippen LogP contribution >= 0.6 is 0 Å². The molecule has 1 aromatic carbocycles. The minimum atomic E-state index is -0.537. The van der Waals surface area contributed by atoms with Gasteiger partial charge in [-0.25, -0.2) is 4.79 Å². The summed E-state index contributed by atoms with van der Waals surface area (Å²) in [5, 5.41) is 11.6. The van der Waals surface area contributed by atoms with Crippen LogP contribution in [-0.4, -0.2) is 18.6 Å². The number of hydrogen-bond acceptors (Lipinski definition) is 3. The molecular formula is C11H16N4O2. The van der Waals surface area contributed by atoms with Gasteiger partial charge in [0.25, 0.3) is 0 Å². The van der Waals surface area contributed by atoms with Gasteiger partial charge in [-0.3, -0.25) is 10.7 Å². The van der Waals surface area contributed by atoms with Crippen molar-refractivity contribution in [1.29, 1.82) is 5.41 Å². The molecule has 6 nitrogen and oxygen atoms in total. The molecule has 0 atom stereocenters. The Morgan fingerprint density at radius 1 is 1.53 bits per heavy atom. The molecule has 5 N–H and O–H groups in total. The zero-order chi connectivity index (χ0) is 12.8. The Hall–Kier alpha value is -2.24. The lowest BCUT2D eigenvalue weighted by molar-refractivity contribution is 0.256. The Morgan fingerprint density at radius 3 is 2.76 bits per heavy atom. The minimum Gasteiger partial charge on any atom is -0.494 e. The van der Waals surface area contributed by atoms with Gasteiger partial charge in [0.05, 0.1) is 6.61 Å². The molecule has 17 heavy (non-hydrogen) atoms. The fraction of sp³-hybridized carbons (Fsp3) is 0.273. The quantitative estimate of drug-likeness (QED) is 0.471. The maximum absolute atomic E-state index is 11.3. The van der Waals surface area contributed by atoms with E-state index < -0.39 is 12.0 Å². The molecule has 6 heteroatoms.